The highest BCUT2D eigenvalue weighted by Crippen LogP contribution is 2.27. The van der Waals surface area contributed by atoms with Crippen molar-refractivity contribution < 1.29 is 9.13 Å². The Morgan fingerprint density at radius 1 is 1.39 bits per heavy atom. The lowest BCUT2D eigenvalue weighted by Gasteiger charge is -2.16. The predicted molar refractivity (Wildman–Crippen MR) is 86.7 cm³/mol. The van der Waals surface area contributed by atoms with Gasteiger partial charge in [0.2, 0.25) is 0 Å². The van der Waals surface area contributed by atoms with E-state index in [1.807, 2.05) is 24.5 Å². The second kappa shape index (κ2) is 7.04. The van der Waals surface area contributed by atoms with Gasteiger partial charge >= 0.3 is 6.08 Å². The number of nitrogens with zero attached hydrogens (tertiary/aromatic N) is 4. The summed E-state index contributed by atoms with van der Waals surface area (Å²) < 4.78 is 21.5. The molecule has 1 fully saturated rings. The highest BCUT2D eigenvalue weighted by Gasteiger charge is 2.20. The van der Waals surface area contributed by atoms with Crippen LogP contribution >= 0.6 is 0 Å². The van der Waals surface area contributed by atoms with Gasteiger partial charge in [-0.25, -0.2) is 4.98 Å². The van der Waals surface area contributed by atoms with Crippen LogP contribution in [0.1, 0.15) is 45.8 Å². The molecule has 0 saturated carbocycles. The molecule has 6 nitrogen and oxygen atoms in total. The second-order valence-corrected chi connectivity index (χ2v) is 6.00. The summed E-state index contributed by atoms with van der Waals surface area (Å²) in [6.45, 7) is 5.30. The summed E-state index contributed by atoms with van der Waals surface area (Å²) in [5.74, 6) is 0.414. The molecule has 23 heavy (non-hydrogen) atoms. The maximum absolute atomic E-state index is 13.8. The second-order valence-electron chi connectivity index (χ2n) is 6.00. The van der Waals surface area contributed by atoms with Crippen LogP contribution in [0.25, 0.3) is 11.2 Å². The smallest absolute Gasteiger partial charge is 0.312 e. The number of aromatic nitrogens is 4. The average molecular weight is 319 g/mol. The SMILES string of the molecule is CC(C)=CCNc1nc(F)nc2c1ncn2C1CCCCCO1. The van der Waals surface area contributed by atoms with Gasteiger partial charge in [0.05, 0.1) is 6.33 Å². The van der Waals surface area contributed by atoms with Crippen LogP contribution in [0.3, 0.4) is 0 Å². The zero-order valence-corrected chi connectivity index (χ0v) is 13.5. The van der Waals surface area contributed by atoms with Gasteiger partial charge in [-0.1, -0.05) is 18.1 Å². The van der Waals surface area contributed by atoms with Crippen LogP contribution in [-0.2, 0) is 4.74 Å². The molecule has 2 aromatic rings. The van der Waals surface area contributed by atoms with E-state index < -0.39 is 6.08 Å². The lowest BCUT2D eigenvalue weighted by atomic mass is 10.2. The molecule has 0 aliphatic carbocycles. The van der Waals surface area contributed by atoms with Gasteiger partial charge in [0.1, 0.15) is 6.23 Å². The lowest BCUT2D eigenvalue weighted by molar-refractivity contribution is 0.00928. The summed E-state index contributed by atoms with van der Waals surface area (Å²) in [7, 11) is 0. The number of hydrogen-bond donors (Lipinski definition) is 1. The maximum Gasteiger partial charge on any atom is 0.312 e. The fourth-order valence-electron chi connectivity index (χ4n) is 2.70. The molecule has 2 aromatic heterocycles. The molecule has 1 unspecified atom stereocenters. The Hall–Kier alpha value is -2.02. The maximum atomic E-state index is 13.8. The molecule has 1 aliphatic heterocycles. The van der Waals surface area contributed by atoms with E-state index in [-0.39, 0.29) is 6.23 Å². The van der Waals surface area contributed by atoms with Gasteiger partial charge in [0.15, 0.2) is 17.0 Å². The fraction of sp³-hybridized carbons (Fsp3) is 0.562. The molecule has 0 radical (unpaired) electrons. The van der Waals surface area contributed by atoms with E-state index in [1.54, 1.807) is 6.33 Å². The summed E-state index contributed by atoms with van der Waals surface area (Å²) in [6, 6.07) is 0. The molecule has 1 aliphatic rings. The topological polar surface area (TPSA) is 64.9 Å². The van der Waals surface area contributed by atoms with Crippen molar-refractivity contribution in [3.05, 3.63) is 24.1 Å². The van der Waals surface area contributed by atoms with E-state index in [1.165, 1.54) is 5.57 Å². The molecule has 0 spiro atoms. The normalized spacial score (nSPS) is 18.7. The van der Waals surface area contributed by atoms with E-state index in [4.69, 9.17) is 4.74 Å². The average Bonchev–Trinajstić information content (AvgIpc) is 2.74. The van der Waals surface area contributed by atoms with Gasteiger partial charge in [0.25, 0.3) is 0 Å². The van der Waals surface area contributed by atoms with Gasteiger partial charge in [-0.15, -0.1) is 0 Å². The van der Waals surface area contributed by atoms with Crippen molar-refractivity contribution in [3.8, 4) is 0 Å². The number of anilines is 1. The number of hydrogen-bond acceptors (Lipinski definition) is 5. The molecule has 1 N–H and O–H groups in total. The number of allylic oxidation sites excluding steroid dienone is 1. The Bertz CT molecular complexity index is 700. The van der Waals surface area contributed by atoms with Crippen molar-refractivity contribution in [2.24, 2.45) is 0 Å². The Kier molecular flexibility index (Phi) is 4.85. The third-order valence-electron chi connectivity index (χ3n) is 3.89. The third kappa shape index (κ3) is 3.67. The van der Waals surface area contributed by atoms with Crippen LogP contribution in [0.4, 0.5) is 10.2 Å². The molecule has 0 amide bonds. The first kappa shape index (κ1) is 15.9. The van der Waals surface area contributed by atoms with E-state index in [0.29, 0.717) is 30.1 Å². The molecule has 124 valence electrons. The third-order valence-corrected chi connectivity index (χ3v) is 3.89. The standard InChI is InChI=1S/C16H22FN5O/c1-11(2)7-8-18-14-13-15(21-16(17)20-14)22(10-19-13)12-6-4-3-5-9-23-12/h7,10,12H,3-6,8-9H2,1-2H3,(H,18,20,21). The Morgan fingerprint density at radius 2 is 2.26 bits per heavy atom. The molecule has 3 rings (SSSR count). The number of rotatable bonds is 4. The van der Waals surface area contributed by atoms with Crippen molar-refractivity contribution in [3.63, 3.8) is 0 Å². The van der Waals surface area contributed by atoms with E-state index in [9.17, 15) is 4.39 Å². The van der Waals surface area contributed by atoms with Crippen molar-refractivity contribution in [1.82, 2.24) is 19.5 Å². The summed E-state index contributed by atoms with van der Waals surface area (Å²) in [4.78, 5) is 12.1. The first-order valence-corrected chi connectivity index (χ1v) is 8.04. The van der Waals surface area contributed by atoms with Crippen molar-refractivity contribution in [2.45, 2.75) is 45.8 Å². The number of nitrogens with one attached hydrogen (secondary N) is 1. The van der Waals surface area contributed by atoms with Crippen LogP contribution in [0.15, 0.2) is 18.0 Å². The van der Waals surface area contributed by atoms with Crippen LogP contribution in [0.2, 0.25) is 0 Å². The lowest BCUT2D eigenvalue weighted by Crippen LogP contribution is -2.12. The zero-order valence-electron chi connectivity index (χ0n) is 13.5. The molecule has 0 bridgehead atoms. The first-order chi connectivity index (χ1) is 11.1. The number of halogens is 1. The fourth-order valence-corrected chi connectivity index (χ4v) is 2.70. The Balaban J connectivity index is 1.92. The predicted octanol–water partition coefficient (Wildman–Crippen LogP) is 3.43. The largest absolute Gasteiger partial charge is 0.365 e. The highest BCUT2D eigenvalue weighted by atomic mass is 19.1. The number of ether oxygens (including phenoxy) is 1. The van der Waals surface area contributed by atoms with E-state index in [0.717, 1.165) is 25.7 Å². The van der Waals surface area contributed by atoms with Gasteiger partial charge in [-0.2, -0.15) is 14.4 Å². The van der Waals surface area contributed by atoms with Gasteiger partial charge in [-0.3, -0.25) is 4.57 Å². The minimum atomic E-state index is -0.757. The van der Waals surface area contributed by atoms with Crippen molar-refractivity contribution in [2.75, 3.05) is 18.5 Å². The summed E-state index contributed by atoms with van der Waals surface area (Å²) in [5, 5.41) is 3.10. The Morgan fingerprint density at radius 3 is 3.09 bits per heavy atom. The molecular weight excluding hydrogens is 297 g/mol. The number of imidazole rings is 1. The van der Waals surface area contributed by atoms with Crippen LogP contribution < -0.4 is 5.32 Å². The van der Waals surface area contributed by atoms with Gasteiger partial charge < -0.3 is 10.1 Å². The van der Waals surface area contributed by atoms with Gasteiger partial charge in [-0.05, 0) is 33.1 Å². The molecular formula is C16H22FN5O. The van der Waals surface area contributed by atoms with Crippen molar-refractivity contribution in [1.29, 1.82) is 0 Å². The summed E-state index contributed by atoms with van der Waals surface area (Å²) >= 11 is 0. The zero-order chi connectivity index (χ0) is 16.2. The molecule has 3 heterocycles. The molecule has 1 saturated heterocycles. The van der Waals surface area contributed by atoms with Crippen LogP contribution in [-0.4, -0.2) is 32.7 Å². The summed E-state index contributed by atoms with van der Waals surface area (Å²) in [5.41, 5.74) is 2.23. The highest BCUT2D eigenvalue weighted by molar-refractivity contribution is 5.82. The molecule has 7 heteroatoms. The minimum absolute atomic E-state index is 0.137. The minimum Gasteiger partial charge on any atom is -0.365 e. The number of fused-ring (bicyclic) bond motifs is 1. The van der Waals surface area contributed by atoms with Crippen LogP contribution in [0.5, 0.6) is 0 Å². The Labute approximate surface area is 134 Å². The first-order valence-electron chi connectivity index (χ1n) is 8.04. The van der Waals surface area contributed by atoms with Gasteiger partial charge in [0, 0.05) is 13.2 Å². The summed E-state index contributed by atoms with van der Waals surface area (Å²) in [6.07, 6.45) is 6.97. The molecule has 1 atom stereocenters. The van der Waals surface area contributed by atoms with E-state index in [2.05, 4.69) is 20.3 Å². The van der Waals surface area contributed by atoms with Crippen molar-refractivity contribution >= 4 is 17.0 Å². The monoisotopic (exact) mass is 319 g/mol. The van der Waals surface area contributed by atoms with Crippen LogP contribution in [0, 0.1) is 6.08 Å². The molecule has 0 aromatic carbocycles. The quantitative estimate of drug-likeness (QED) is 0.691. The van der Waals surface area contributed by atoms with E-state index >= 15 is 0 Å².